The molecule has 0 unspecified atom stereocenters. The van der Waals surface area contributed by atoms with Crippen LogP contribution in [-0.4, -0.2) is 23.9 Å². The number of anilines is 1. The number of hydrogen-bond donors (Lipinski definition) is 1. The van der Waals surface area contributed by atoms with Crippen LogP contribution in [0.5, 0.6) is 0 Å². The van der Waals surface area contributed by atoms with Crippen LogP contribution in [0.4, 0.5) is 5.69 Å². The molecule has 0 aromatic heterocycles. The predicted octanol–water partition coefficient (Wildman–Crippen LogP) is 2.96. The molecular weight excluding hydrogens is 280 g/mol. The molecule has 0 heterocycles. The topological polar surface area (TPSA) is 46.3 Å². The van der Waals surface area contributed by atoms with Crippen LogP contribution in [0.3, 0.4) is 0 Å². The lowest BCUT2D eigenvalue weighted by molar-refractivity contribution is 0.0651. The highest BCUT2D eigenvalue weighted by Crippen LogP contribution is 2.28. The van der Waals surface area contributed by atoms with Crippen molar-refractivity contribution in [3.8, 4) is 0 Å². The first-order chi connectivity index (χ1) is 8.00. The second kappa shape index (κ2) is 4.69. The third-order valence-corrected chi connectivity index (χ3v) is 4.04. The van der Waals surface area contributed by atoms with Crippen LogP contribution in [0.15, 0.2) is 16.6 Å². The van der Waals surface area contributed by atoms with Gasteiger partial charge in [0.05, 0.1) is 0 Å². The van der Waals surface area contributed by atoms with Gasteiger partial charge in [-0.2, -0.15) is 0 Å². The highest BCUT2D eigenvalue weighted by Gasteiger charge is 2.27. The molecule has 0 bridgehead atoms. The lowest BCUT2D eigenvalue weighted by Crippen LogP contribution is -2.41. The zero-order valence-electron chi connectivity index (χ0n) is 10.2. The van der Waals surface area contributed by atoms with E-state index >= 15 is 0 Å². The minimum Gasteiger partial charge on any atom is -0.398 e. The fourth-order valence-corrected chi connectivity index (χ4v) is 2.53. The number of nitrogens with zero attached hydrogens (tertiary/aromatic N) is 1. The molecule has 1 aliphatic rings. The Bertz CT molecular complexity index is 455. The van der Waals surface area contributed by atoms with Gasteiger partial charge in [-0.3, -0.25) is 4.79 Å². The number of hydrogen-bond acceptors (Lipinski definition) is 2. The van der Waals surface area contributed by atoms with E-state index in [1.807, 2.05) is 31.0 Å². The van der Waals surface area contributed by atoms with Gasteiger partial charge in [0, 0.05) is 28.8 Å². The van der Waals surface area contributed by atoms with Crippen LogP contribution >= 0.6 is 15.9 Å². The summed E-state index contributed by atoms with van der Waals surface area (Å²) in [6.07, 6.45) is 3.46. The summed E-state index contributed by atoms with van der Waals surface area (Å²) in [5, 5.41) is 0. The second-order valence-corrected chi connectivity index (χ2v) is 5.58. The number of amides is 1. The molecule has 3 nitrogen and oxygen atoms in total. The van der Waals surface area contributed by atoms with Crippen molar-refractivity contribution < 1.29 is 4.79 Å². The summed E-state index contributed by atoms with van der Waals surface area (Å²) < 4.78 is 0.853. The maximum absolute atomic E-state index is 12.4. The van der Waals surface area contributed by atoms with E-state index < -0.39 is 0 Å². The highest BCUT2D eigenvalue weighted by molar-refractivity contribution is 9.10. The number of nitrogens with two attached hydrogens (primary N) is 1. The normalized spacial score (nSPS) is 15.5. The van der Waals surface area contributed by atoms with Gasteiger partial charge in [-0.05, 0) is 43.9 Å². The Labute approximate surface area is 110 Å². The van der Waals surface area contributed by atoms with E-state index in [4.69, 9.17) is 5.73 Å². The van der Waals surface area contributed by atoms with E-state index in [9.17, 15) is 4.79 Å². The number of carbonyl (C=O) groups is 1. The van der Waals surface area contributed by atoms with Crippen molar-refractivity contribution >= 4 is 27.5 Å². The van der Waals surface area contributed by atoms with E-state index in [1.54, 1.807) is 0 Å². The minimum absolute atomic E-state index is 0.0696. The zero-order valence-corrected chi connectivity index (χ0v) is 11.8. The SMILES string of the molecule is Cc1c(N)cc(Br)cc1C(=O)N(C)C1CCC1. The molecule has 1 aromatic rings. The molecule has 0 atom stereocenters. The Hall–Kier alpha value is -1.03. The fourth-order valence-electron chi connectivity index (χ4n) is 2.05. The van der Waals surface area contributed by atoms with Gasteiger partial charge in [-0.25, -0.2) is 0 Å². The summed E-state index contributed by atoms with van der Waals surface area (Å²) in [5.41, 5.74) is 8.10. The number of benzene rings is 1. The van der Waals surface area contributed by atoms with Gasteiger partial charge < -0.3 is 10.6 Å². The molecule has 17 heavy (non-hydrogen) atoms. The quantitative estimate of drug-likeness (QED) is 0.853. The van der Waals surface area contributed by atoms with Crippen LogP contribution in [0.25, 0.3) is 0 Å². The third kappa shape index (κ3) is 2.32. The molecule has 2 N–H and O–H groups in total. The Morgan fingerprint density at radius 3 is 2.65 bits per heavy atom. The summed E-state index contributed by atoms with van der Waals surface area (Å²) in [7, 11) is 1.88. The number of halogens is 1. The summed E-state index contributed by atoms with van der Waals surface area (Å²) in [5.74, 6) is 0.0696. The van der Waals surface area contributed by atoms with Crippen molar-refractivity contribution in [3.63, 3.8) is 0 Å². The predicted molar refractivity (Wildman–Crippen MR) is 73.0 cm³/mol. The zero-order chi connectivity index (χ0) is 12.6. The van der Waals surface area contributed by atoms with Gasteiger partial charge in [0.25, 0.3) is 5.91 Å². The van der Waals surface area contributed by atoms with Gasteiger partial charge in [0.15, 0.2) is 0 Å². The summed E-state index contributed by atoms with van der Waals surface area (Å²) in [4.78, 5) is 14.2. The molecule has 92 valence electrons. The molecule has 1 amide bonds. The molecular formula is C13H17BrN2O. The van der Waals surface area contributed by atoms with Crippen molar-refractivity contribution in [2.45, 2.75) is 32.2 Å². The standard InChI is InChI=1S/C13H17BrN2O/c1-8-11(6-9(14)7-12(8)15)13(17)16(2)10-4-3-5-10/h6-7,10H,3-5,15H2,1-2H3. The van der Waals surface area contributed by atoms with Crippen molar-refractivity contribution in [2.75, 3.05) is 12.8 Å². The first-order valence-corrected chi connectivity index (χ1v) is 6.62. The Kier molecular flexibility index (Phi) is 3.43. The molecule has 0 spiro atoms. The molecule has 0 saturated heterocycles. The highest BCUT2D eigenvalue weighted by atomic mass is 79.9. The van der Waals surface area contributed by atoms with Crippen molar-refractivity contribution in [3.05, 3.63) is 27.7 Å². The van der Waals surface area contributed by atoms with Crippen molar-refractivity contribution in [2.24, 2.45) is 0 Å². The maximum atomic E-state index is 12.4. The number of carbonyl (C=O) groups excluding carboxylic acids is 1. The van der Waals surface area contributed by atoms with Crippen LogP contribution in [0.2, 0.25) is 0 Å². The molecule has 0 radical (unpaired) electrons. The summed E-state index contributed by atoms with van der Waals surface area (Å²) in [6, 6.07) is 4.08. The average molecular weight is 297 g/mol. The Balaban J connectivity index is 2.29. The molecule has 1 saturated carbocycles. The third-order valence-electron chi connectivity index (χ3n) is 3.59. The molecule has 1 fully saturated rings. The summed E-state index contributed by atoms with van der Waals surface area (Å²) in [6.45, 7) is 1.89. The van der Waals surface area contributed by atoms with Crippen molar-refractivity contribution in [1.82, 2.24) is 4.90 Å². The average Bonchev–Trinajstić information content (AvgIpc) is 2.19. The van der Waals surface area contributed by atoms with E-state index in [1.165, 1.54) is 6.42 Å². The van der Waals surface area contributed by atoms with E-state index in [-0.39, 0.29) is 5.91 Å². The number of rotatable bonds is 2. The van der Waals surface area contributed by atoms with Crippen LogP contribution in [0.1, 0.15) is 35.2 Å². The lowest BCUT2D eigenvalue weighted by atomic mass is 9.91. The smallest absolute Gasteiger partial charge is 0.254 e. The van der Waals surface area contributed by atoms with Gasteiger partial charge in [0.1, 0.15) is 0 Å². The Morgan fingerprint density at radius 1 is 1.47 bits per heavy atom. The van der Waals surface area contributed by atoms with Gasteiger partial charge in [-0.15, -0.1) is 0 Å². The Morgan fingerprint density at radius 2 is 2.12 bits per heavy atom. The first kappa shape index (κ1) is 12.4. The van der Waals surface area contributed by atoms with Gasteiger partial charge in [-0.1, -0.05) is 15.9 Å². The van der Waals surface area contributed by atoms with E-state index in [0.29, 0.717) is 17.3 Å². The van der Waals surface area contributed by atoms with Crippen LogP contribution in [-0.2, 0) is 0 Å². The minimum atomic E-state index is 0.0696. The molecule has 2 rings (SSSR count). The lowest BCUT2D eigenvalue weighted by Gasteiger charge is -2.35. The maximum Gasteiger partial charge on any atom is 0.254 e. The second-order valence-electron chi connectivity index (χ2n) is 4.67. The molecule has 0 aliphatic heterocycles. The molecule has 1 aliphatic carbocycles. The van der Waals surface area contributed by atoms with Gasteiger partial charge >= 0.3 is 0 Å². The summed E-state index contributed by atoms with van der Waals surface area (Å²) >= 11 is 3.38. The monoisotopic (exact) mass is 296 g/mol. The van der Waals surface area contributed by atoms with Crippen molar-refractivity contribution in [1.29, 1.82) is 0 Å². The van der Waals surface area contributed by atoms with Gasteiger partial charge in [0.2, 0.25) is 0 Å². The molecule has 1 aromatic carbocycles. The largest absolute Gasteiger partial charge is 0.398 e. The number of nitrogen functional groups attached to an aromatic ring is 1. The van der Waals surface area contributed by atoms with Crippen LogP contribution < -0.4 is 5.73 Å². The van der Waals surface area contributed by atoms with Crippen LogP contribution in [0, 0.1) is 6.92 Å². The fraction of sp³-hybridized carbons (Fsp3) is 0.462. The molecule has 4 heteroatoms. The van der Waals surface area contributed by atoms with E-state index in [2.05, 4.69) is 15.9 Å². The van der Waals surface area contributed by atoms with E-state index in [0.717, 1.165) is 22.9 Å². The first-order valence-electron chi connectivity index (χ1n) is 5.83.